The maximum absolute atomic E-state index is 9.49. The van der Waals surface area contributed by atoms with E-state index >= 15 is 0 Å². The van der Waals surface area contributed by atoms with E-state index in [1.165, 1.54) is 19.3 Å². The third kappa shape index (κ3) is 4.18. The molecule has 1 fully saturated rings. The molecule has 1 aliphatic carbocycles. The van der Waals surface area contributed by atoms with Crippen LogP contribution in [0.1, 0.15) is 37.8 Å². The van der Waals surface area contributed by atoms with Crippen LogP contribution in [-0.4, -0.2) is 29.8 Å². The van der Waals surface area contributed by atoms with E-state index in [4.69, 9.17) is 4.74 Å². The van der Waals surface area contributed by atoms with Crippen LogP contribution in [0.3, 0.4) is 0 Å². The molecule has 2 rings (SSSR count). The topological polar surface area (TPSA) is 54.4 Å². The Labute approximate surface area is 115 Å². The molecule has 4 nitrogen and oxygen atoms in total. The number of aromatic nitrogens is 1. The summed E-state index contributed by atoms with van der Waals surface area (Å²) in [7, 11) is 1.63. The third-order valence-corrected chi connectivity index (χ3v) is 3.93. The molecule has 0 unspecified atom stereocenters. The van der Waals surface area contributed by atoms with E-state index in [0.29, 0.717) is 17.8 Å². The van der Waals surface area contributed by atoms with Gasteiger partial charge in [-0.05, 0) is 24.8 Å². The van der Waals surface area contributed by atoms with Crippen molar-refractivity contribution >= 4 is 0 Å². The SMILES string of the molecule is COc1cccc(CN[C@H]2CCCCC[C@@H]2CO)n1. The maximum atomic E-state index is 9.49. The average Bonchev–Trinajstić information content (AvgIpc) is 2.70. The Kier molecular flexibility index (Phi) is 5.61. The number of hydrogen-bond donors (Lipinski definition) is 2. The molecule has 0 spiro atoms. The minimum absolute atomic E-state index is 0.281. The minimum atomic E-state index is 0.281. The van der Waals surface area contributed by atoms with E-state index in [1.807, 2.05) is 18.2 Å². The lowest BCUT2D eigenvalue weighted by Gasteiger charge is -2.24. The van der Waals surface area contributed by atoms with E-state index in [0.717, 1.165) is 25.1 Å². The fraction of sp³-hybridized carbons (Fsp3) is 0.667. The number of aliphatic hydroxyl groups excluding tert-OH is 1. The summed E-state index contributed by atoms with van der Waals surface area (Å²) in [5.41, 5.74) is 0.986. The van der Waals surface area contributed by atoms with Crippen LogP contribution < -0.4 is 10.1 Å². The summed E-state index contributed by atoms with van der Waals surface area (Å²) < 4.78 is 5.13. The van der Waals surface area contributed by atoms with Gasteiger partial charge in [0.15, 0.2) is 0 Å². The lowest BCUT2D eigenvalue weighted by Crippen LogP contribution is -2.37. The van der Waals surface area contributed by atoms with Crippen molar-refractivity contribution in [3.05, 3.63) is 23.9 Å². The molecule has 2 N–H and O–H groups in total. The second-order valence-corrected chi connectivity index (χ2v) is 5.24. The van der Waals surface area contributed by atoms with Crippen molar-refractivity contribution in [2.75, 3.05) is 13.7 Å². The zero-order valence-electron chi connectivity index (χ0n) is 11.6. The molecule has 4 heteroatoms. The summed E-state index contributed by atoms with van der Waals surface area (Å²) >= 11 is 0. The van der Waals surface area contributed by atoms with Gasteiger partial charge >= 0.3 is 0 Å². The van der Waals surface area contributed by atoms with Crippen LogP contribution in [0.4, 0.5) is 0 Å². The summed E-state index contributed by atoms with van der Waals surface area (Å²) in [5, 5.41) is 13.0. The van der Waals surface area contributed by atoms with Gasteiger partial charge in [0, 0.05) is 25.3 Å². The van der Waals surface area contributed by atoms with E-state index in [9.17, 15) is 5.11 Å². The van der Waals surface area contributed by atoms with Crippen LogP contribution in [0, 0.1) is 5.92 Å². The fourth-order valence-corrected chi connectivity index (χ4v) is 2.78. The molecule has 1 heterocycles. The number of rotatable bonds is 5. The zero-order chi connectivity index (χ0) is 13.5. The lowest BCUT2D eigenvalue weighted by molar-refractivity contribution is 0.180. The Hall–Kier alpha value is -1.13. The van der Waals surface area contributed by atoms with Crippen molar-refractivity contribution < 1.29 is 9.84 Å². The van der Waals surface area contributed by atoms with E-state index in [2.05, 4.69) is 10.3 Å². The number of ether oxygens (including phenoxy) is 1. The molecule has 19 heavy (non-hydrogen) atoms. The normalized spacial score (nSPS) is 23.9. The van der Waals surface area contributed by atoms with Crippen LogP contribution in [0.5, 0.6) is 5.88 Å². The Bertz CT molecular complexity index is 384. The van der Waals surface area contributed by atoms with Gasteiger partial charge in [-0.1, -0.05) is 25.3 Å². The largest absolute Gasteiger partial charge is 0.481 e. The summed E-state index contributed by atoms with van der Waals surface area (Å²) in [6.07, 6.45) is 6.04. The molecule has 0 radical (unpaired) electrons. The second kappa shape index (κ2) is 7.46. The monoisotopic (exact) mass is 264 g/mol. The molecule has 1 aromatic rings. The average molecular weight is 264 g/mol. The molecular formula is C15H24N2O2. The smallest absolute Gasteiger partial charge is 0.213 e. The Morgan fingerprint density at radius 3 is 2.95 bits per heavy atom. The number of nitrogens with one attached hydrogen (secondary N) is 1. The number of pyridine rings is 1. The predicted octanol–water partition coefficient (Wildman–Crippen LogP) is 2.12. The maximum Gasteiger partial charge on any atom is 0.213 e. The highest BCUT2D eigenvalue weighted by Crippen LogP contribution is 2.23. The molecule has 0 saturated heterocycles. The van der Waals surface area contributed by atoms with Gasteiger partial charge in [0.1, 0.15) is 0 Å². The summed E-state index contributed by atoms with van der Waals surface area (Å²) in [6, 6.07) is 6.21. The van der Waals surface area contributed by atoms with Gasteiger partial charge in [-0.15, -0.1) is 0 Å². The number of nitrogens with zero attached hydrogens (tertiary/aromatic N) is 1. The van der Waals surface area contributed by atoms with E-state index in [1.54, 1.807) is 7.11 Å². The predicted molar refractivity (Wildman–Crippen MR) is 75.1 cm³/mol. The lowest BCUT2D eigenvalue weighted by atomic mass is 9.95. The highest BCUT2D eigenvalue weighted by molar-refractivity contribution is 5.15. The first-order valence-corrected chi connectivity index (χ1v) is 7.17. The summed E-state index contributed by atoms with van der Waals surface area (Å²) in [6.45, 7) is 1.02. The van der Waals surface area contributed by atoms with Crippen molar-refractivity contribution in [2.24, 2.45) is 5.92 Å². The van der Waals surface area contributed by atoms with Crippen LogP contribution >= 0.6 is 0 Å². The Morgan fingerprint density at radius 2 is 2.16 bits per heavy atom. The number of aliphatic hydroxyl groups is 1. The minimum Gasteiger partial charge on any atom is -0.481 e. The Balaban J connectivity index is 1.91. The highest BCUT2D eigenvalue weighted by atomic mass is 16.5. The Morgan fingerprint density at radius 1 is 1.32 bits per heavy atom. The summed E-state index contributed by atoms with van der Waals surface area (Å²) in [5.74, 6) is 1.03. The van der Waals surface area contributed by atoms with E-state index in [-0.39, 0.29) is 6.61 Å². The van der Waals surface area contributed by atoms with Gasteiger partial charge in [-0.2, -0.15) is 0 Å². The van der Waals surface area contributed by atoms with Crippen molar-refractivity contribution in [3.63, 3.8) is 0 Å². The molecule has 106 valence electrons. The molecular weight excluding hydrogens is 240 g/mol. The van der Waals surface area contributed by atoms with Gasteiger partial charge in [-0.25, -0.2) is 4.98 Å². The van der Waals surface area contributed by atoms with Gasteiger partial charge in [0.2, 0.25) is 5.88 Å². The van der Waals surface area contributed by atoms with Crippen LogP contribution in [0.2, 0.25) is 0 Å². The highest BCUT2D eigenvalue weighted by Gasteiger charge is 2.22. The zero-order valence-corrected chi connectivity index (χ0v) is 11.6. The van der Waals surface area contributed by atoms with Gasteiger partial charge in [-0.3, -0.25) is 0 Å². The molecule has 0 aromatic carbocycles. The van der Waals surface area contributed by atoms with Gasteiger partial charge in [0.05, 0.1) is 12.8 Å². The first-order valence-electron chi connectivity index (χ1n) is 7.17. The first kappa shape index (κ1) is 14.3. The standard InChI is InChI=1S/C15H24N2O2/c1-19-15-9-5-7-13(17-15)10-16-14-8-4-2-3-6-12(14)11-18/h5,7,9,12,14,16,18H,2-4,6,8,10-11H2,1H3/t12-,14+/m1/s1. The van der Waals surface area contributed by atoms with Crippen molar-refractivity contribution in [2.45, 2.75) is 44.7 Å². The quantitative estimate of drug-likeness (QED) is 0.800. The molecule has 1 saturated carbocycles. The fourth-order valence-electron chi connectivity index (χ4n) is 2.78. The van der Waals surface area contributed by atoms with Crippen LogP contribution in [-0.2, 0) is 6.54 Å². The number of methoxy groups -OCH3 is 1. The molecule has 0 bridgehead atoms. The second-order valence-electron chi connectivity index (χ2n) is 5.24. The van der Waals surface area contributed by atoms with Crippen molar-refractivity contribution in [1.29, 1.82) is 0 Å². The molecule has 1 aromatic heterocycles. The molecule has 2 atom stereocenters. The van der Waals surface area contributed by atoms with Crippen molar-refractivity contribution in [3.8, 4) is 5.88 Å². The third-order valence-electron chi connectivity index (χ3n) is 3.93. The van der Waals surface area contributed by atoms with Gasteiger partial charge in [0.25, 0.3) is 0 Å². The van der Waals surface area contributed by atoms with Crippen LogP contribution in [0.15, 0.2) is 18.2 Å². The molecule has 0 aliphatic heterocycles. The van der Waals surface area contributed by atoms with Gasteiger partial charge < -0.3 is 15.2 Å². The molecule has 1 aliphatic rings. The summed E-state index contributed by atoms with van der Waals surface area (Å²) in [4.78, 5) is 4.40. The first-order chi connectivity index (χ1) is 9.33. The number of hydrogen-bond acceptors (Lipinski definition) is 4. The molecule has 0 amide bonds. The van der Waals surface area contributed by atoms with Crippen LogP contribution in [0.25, 0.3) is 0 Å². The van der Waals surface area contributed by atoms with E-state index < -0.39 is 0 Å². The van der Waals surface area contributed by atoms with Crippen molar-refractivity contribution in [1.82, 2.24) is 10.3 Å².